The van der Waals surface area contributed by atoms with Crippen LogP contribution in [0.1, 0.15) is 44.9 Å². The van der Waals surface area contributed by atoms with E-state index in [2.05, 4.69) is 5.32 Å². The third kappa shape index (κ3) is 2.87. The van der Waals surface area contributed by atoms with E-state index in [0.717, 1.165) is 23.4 Å². The Bertz CT molecular complexity index is 735. The van der Waals surface area contributed by atoms with Crippen LogP contribution in [0.3, 0.4) is 0 Å². The van der Waals surface area contributed by atoms with Crippen LogP contribution in [-0.4, -0.2) is 37.5 Å². The number of hydrogen-bond donors (Lipinski definition) is 1. The number of imide groups is 1. The second-order valence-electron chi connectivity index (χ2n) is 9.74. The normalized spacial score (nSPS) is 37.3. The standard InChI is InChI=1S/C22H29N3O2/c1-24(2)17-3-5-18(6-4-17)25-20(26)10-19(21(25)27)23-22-11-14-7-15(12-22)9-16(8-14)13-22/h3-6,14-16,19,23H,7-13H2,1-2H3/p+1/t14?,15?,16?,19-,22?/m0/s1. The van der Waals surface area contributed by atoms with Gasteiger partial charge in [0.15, 0.2) is 6.04 Å². The molecule has 0 aromatic heterocycles. The lowest BCUT2D eigenvalue weighted by Gasteiger charge is -2.55. The van der Waals surface area contributed by atoms with E-state index < -0.39 is 0 Å². The first-order valence-electron chi connectivity index (χ1n) is 10.4. The second-order valence-corrected chi connectivity index (χ2v) is 9.74. The van der Waals surface area contributed by atoms with Gasteiger partial charge in [0.05, 0.1) is 17.6 Å². The molecule has 1 saturated heterocycles. The highest BCUT2D eigenvalue weighted by molar-refractivity contribution is 6.21. The van der Waals surface area contributed by atoms with E-state index in [4.69, 9.17) is 0 Å². The van der Waals surface area contributed by atoms with E-state index in [9.17, 15) is 9.59 Å². The number of quaternary nitrogens is 1. The number of hydrogen-bond acceptors (Lipinski definition) is 3. The molecule has 0 unspecified atom stereocenters. The summed E-state index contributed by atoms with van der Waals surface area (Å²) in [4.78, 5) is 29.2. The van der Waals surface area contributed by atoms with Crippen molar-refractivity contribution in [2.45, 2.75) is 56.5 Å². The summed E-state index contributed by atoms with van der Waals surface area (Å²) in [6.45, 7) is 0. The number of amides is 2. The summed E-state index contributed by atoms with van der Waals surface area (Å²) in [6, 6.07) is 7.47. The van der Waals surface area contributed by atoms with E-state index in [0.29, 0.717) is 12.1 Å². The number of nitrogens with zero attached hydrogens (tertiary/aromatic N) is 2. The summed E-state index contributed by atoms with van der Waals surface area (Å²) in [5, 5.41) is 2.33. The van der Waals surface area contributed by atoms with Crippen LogP contribution in [-0.2, 0) is 9.59 Å². The zero-order valence-electron chi connectivity index (χ0n) is 16.4. The fourth-order valence-corrected chi connectivity index (χ4v) is 6.77. The summed E-state index contributed by atoms with van der Waals surface area (Å²) >= 11 is 0. The molecule has 27 heavy (non-hydrogen) atoms. The Balaban J connectivity index is 1.34. The minimum atomic E-state index is -0.234. The van der Waals surface area contributed by atoms with E-state index in [1.165, 1.54) is 43.4 Å². The summed E-state index contributed by atoms with van der Waals surface area (Å²) in [5.74, 6) is 2.50. The van der Waals surface area contributed by atoms with Gasteiger partial charge in [0, 0.05) is 39.0 Å². The number of nitrogens with two attached hydrogens (primary N) is 1. The predicted molar refractivity (Wildman–Crippen MR) is 104 cm³/mol. The minimum absolute atomic E-state index is 0.0200. The molecule has 1 aromatic rings. The van der Waals surface area contributed by atoms with Crippen LogP contribution < -0.4 is 15.1 Å². The highest BCUT2D eigenvalue weighted by Gasteiger charge is 2.56. The monoisotopic (exact) mass is 368 g/mol. The Kier molecular flexibility index (Phi) is 3.87. The molecule has 2 amide bonds. The van der Waals surface area contributed by atoms with Gasteiger partial charge in [0.2, 0.25) is 5.91 Å². The summed E-state index contributed by atoms with van der Waals surface area (Å²) < 4.78 is 0. The Labute approximate surface area is 161 Å². The Morgan fingerprint density at radius 3 is 2.04 bits per heavy atom. The molecular weight excluding hydrogens is 338 g/mol. The van der Waals surface area contributed by atoms with Crippen LogP contribution >= 0.6 is 0 Å². The lowest BCUT2D eigenvalue weighted by molar-refractivity contribution is -0.755. The lowest BCUT2D eigenvalue weighted by Crippen LogP contribution is -3.03. The highest BCUT2D eigenvalue weighted by atomic mass is 16.2. The quantitative estimate of drug-likeness (QED) is 0.826. The van der Waals surface area contributed by atoms with Crippen LogP contribution in [0.5, 0.6) is 0 Å². The highest BCUT2D eigenvalue weighted by Crippen LogP contribution is 2.54. The van der Waals surface area contributed by atoms with Crippen molar-refractivity contribution in [3.05, 3.63) is 24.3 Å². The van der Waals surface area contributed by atoms with Crippen LogP contribution in [0, 0.1) is 17.8 Å². The Morgan fingerprint density at radius 2 is 1.52 bits per heavy atom. The molecule has 5 fully saturated rings. The number of rotatable bonds is 4. The molecule has 0 spiro atoms. The molecule has 144 valence electrons. The van der Waals surface area contributed by atoms with Gasteiger partial charge in [-0.15, -0.1) is 0 Å². The van der Waals surface area contributed by atoms with Crippen molar-refractivity contribution in [2.24, 2.45) is 17.8 Å². The van der Waals surface area contributed by atoms with Gasteiger partial charge < -0.3 is 10.2 Å². The molecule has 0 radical (unpaired) electrons. The van der Waals surface area contributed by atoms with Gasteiger partial charge in [0.25, 0.3) is 5.91 Å². The van der Waals surface area contributed by atoms with Gasteiger partial charge in [-0.2, -0.15) is 0 Å². The van der Waals surface area contributed by atoms with Crippen LogP contribution in [0.2, 0.25) is 0 Å². The van der Waals surface area contributed by atoms with E-state index >= 15 is 0 Å². The maximum absolute atomic E-state index is 13.1. The predicted octanol–water partition coefficient (Wildman–Crippen LogP) is 1.92. The first kappa shape index (κ1) is 17.2. The third-order valence-electron chi connectivity index (χ3n) is 7.45. The van der Waals surface area contributed by atoms with Crippen molar-refractivity contribution in [3.8, 4) is 0 Å². The number of benzene rings is 1. The van der Waals surface area contributed by atoms with Gasteiger partial charge in [-0.1, -0.05) is 0 Å². The van der Waals surface area contributed by atoms with Crippen LogP contribution in [0.25, 0.3) is 0 Å². The maximum Gasteiger partial charge on any atom is 0.292 e. The molecule has 1 aromatic carbocycles. The maximum atomic E-state index is 13.1. The minimum Gasteiger partial charge on any atom is -0.378 e. The number of carbonyl (C=O) groups excluding carboxylic acids is 2. The zero-order chi connectivity index (χ0) is 18.8. The van der Waals surface area contributed by atoms with Crippen molar-refractivity contribution in [1.82, 2.24) is 0 Å². The van der Waals surface area contributed by atoms with Crippen molar-refractivity contribution in [1.29, 1.82) is 0 Å². The zero-order valence-corrected chi connectivity index (χ0v) is 16.4. The van der Waals surface area contributed by atoms with Gasteiger partial charge in [-0.05, 0) is 61.3 Å². The summed E-state index contributed by atoms with van der Waals surface area (Å²) in [5.41, 5.74) is 1.99. The topological polar surface area (TPSA) is 57.2 Å². The molecule has 2 N–H and O–H groups in total. The van der Waals surface area contributed by atoms with Crippen LogP contribution in [0.15, 0.2) is 24.3 Å². The molecule has 1 heterocycles. The van der Waals surface area contributed by atoms with Crippen LogP contribution in [0.4, 0.5) is 11.4 Å². The molecule has 6 rings (SSSR count). The smallest absolute Gasteiger partial charge is 0.292 e. The van der Waals surface area contributed by atoms with Crippen molar-refractivity contribution in [2.75, 3.05) is 23.9 Å². The second kappa shape index (κ2) is 6.06. The van der Waals surface area contributed by atoms with Crippen molar-refractivity contribution < 1.29 is 14.9 Å². The van der Waals surface area contributed by atoms with Gasteiger partial charge in [-0.25, -0.2) is 4.90 Å². The lowest BCUT2D eigenvalue weighted by atomic mass is 9.53. The average Bonchev–Trinajstić information content (AvgIpc) is 2.86. The molecule has 5 nitrogen and oxygen atoms in total. The van der Waals surface area contributed by atoms with E-state index in [-0.39, 0.29) is 23.4 Å². The van der Waals surface area contributed by atoms with Crippen molar-refractivity contribution in [3.63, 3.8) is 0 Å². The van der Waals surface area contributed by atoms with E-state index in [1.54, 1.807) is 0 Å². The molecule has 5 heteroatoms. The van der Waals surface area contributed by atoms with Crippen molar-refractivity contribution >= 4 is 23.2 Å². The Morgan fingerprint density at radius 1 is 0.963 bits per heavy atom. The van der Waals surface area contributed by atoms with Gasteiger partial charge in [0.1, 0.15) is 0 Å². The molecule has 4 saturated carbocycles. The molecule has 1 atom stereocenters. The Hall–Kier alpha value is -1.88. The first-order chi connectivity index (χ1) is 12.9. The fraction of sp³-hybridized carbons (Fsp3) is 0.636. The largest absolute Gasteiger partial charge is 0.378 e. The van der Waals surface area contributed by atoms with Gasteiger partial charge >= 0.3 is 0 Å². The molecule has 1 aliphatic heterocycles. The fourth-order valence-electron chi connectivity index (χ4n) is 6.77. The summed E-state index contributed by atoms with van der Waals surface area (Å²) in [6.07, 6.45) is 8.27. The number of carbonyl (C=O) groups is 2. The SMILES string of the molecule is CN(C)c1ccc(N2C(=O)C[C@H]([NH2+]C34CC5CC(CC(C5)C3)C4)C2=O)cc1. The summed E-state index contributed by atoms with van der Waals surface area (Å²) in [7, 11) is 3.97. The van der Waals surface area contributed by atoms with Gasteiger partial charge in [-0.3, -0.25) is 9.59 Å². The number of anilines is 2. The molecule has 4 aliphatic carbocycles. The average molecular weight is 369 g/mol. The molecule has 4 bridgehead atoms. The molecule has 5 aliphatic rings. The molecular formula is C22H30N3O2+. The van der Waals surface area contributed by atoms with E-state index in [1.807, 2.05) is 43.3 Å². The third-order valence-corrected chi connectivity index (χ3v) is 7.45. The first-order valence-corrected chi connectivity index (χ1v) is 10.4.